The first-order chi connectivity index (χ1) is 17.5. The van der Waals surface area contributed by atoms with Gasteiger partial charge in [0.15, 0.2) is 16.7 Å². The minimum absolute atomic E-state index is 0.232. The smallest absolute Gasteiger partial charge is 0.229 e. The van der Waals surface area contributed by atoms with Crippen LogP contribution in [-0.2, 0) is 18.9 Å². The molecule has 0 saturated carbocycles. The lowest BCUT2D eigenvalue weighted by atomic mass is 9.92. The number of hydrogen-bond donors (Lipinski definition) is 3. The van der Waals surface area contributed by atoms with Crippen molar-refractivity contribution in [2.45, 2.75) is 13.2 Å². The lowest BCUT2D eigenvalue weighted by Crippen LogP contribution is -2.48. The normalized spacial score (nSPS) is 21.3. The maximum absolute atomic E-state index is 13.5. The summed E-state index contributed by atoms with van der Waals surface area (Å²) < 4.78 is 36.0. The van der Waals surface area contributed by atoms with Gasteiger partial charge in [0.05, 0.1) is 31.1 Å². The quantitative estimate of drug-likeness (QED) is 0.410. The summed E-state index contributed by atoms with van der Waals surface area (Å²) in [7, 11) is 0. The van der Waals surface area contributed by atoms with Gasteiger partial charge in [0.2, 0.25) is 13.1 Å². The molecule has 1 aromatic carbocycles. The van der Waals surface area contributed by atoms with Crippen molar-refractivity contribution in [1.29, 1.82) is 0 Å². The van der Waals surface area contributed by atoms with Crippen LogP contribution in [0.4, 0.5) is 4.39 Å². The first kappa shape index (κ1) is 24.2. The van der Waals surface area contributed by atoms with Gasteiger partial charge in [0.25, 0.3) is 0 Å². The Hall–Kier alpha value is -3.54. The Morgan fingerprint density at radius 3 is 2.56 bits per heavy atom. The predicted molar refractivity (Wildman–Crippen MR) is 134 cm³/mol. The molecule has 9 nitrogen and oxygen atoms in total. The van der Waals surface area contributed by atoms with Crippen LogP contribution in [0.25, 0.3) is 22.5 Å². The van der Waals surface area contributed by atoms with E-state index in [0.717, 1.165) is 16.8 Å². The minimum atomic E-state index is -0.663. The number of pyridine rings is 1. The van der Waals surface area contributed by atoms with Crippen molar-refractivity contribution in [2.75, 3.05) is 33.1 Å². The van der Waals surface area contributed by atoms with E-state index in [4.69, 9.17) is 36.1 Å². The summed E-state index contributed by atoms with van der Waals surface area (Å²) in [6.45, 7) is 4.18. The Morgan fingerprint density at radius 1 is 1.11 bits per heavy atom. The fourth-order valence-corrected chi connectivity index (χ4v) is 3.98. The van der Waals surface area contributed by atoms with Crippen LogP contribution in [0.3, 0.4) is 0 Å². The van der Waals surface area contributed by atoms with Crippen LogP contribution >= 0.6 is 12.2 Å². The lowest BCUT2D eigenvalue weighted by Gasteiger charge is -2.37. The number of ether oxygens (including phenoxy) is 4. The van der Waals surface area contributed by atoms with Gasteiger partial charge in [0, 0.05) is 35.5 Å². The van der Waals surface area contributed by atoms with Crippen molar-refractivity contribution in [2.24, 2.45) is 5.41 Å². The molecule has 11 heteroatoms. The van der Waals surface area contributed by atoms with Gasteiger partial charge in [-0.05, 0) is 48.6 Å². The number of aromatic amines is 1. The molecule has 3 N–H and O–H groups in total. The average molecular weight is 512 g/mol. The molecular formula is C25H26FN5O4S. The molecule has 3 aromatic rings. The van der Waals surface area contributed by atoms with Crippen LogP contribution in [-0.4, -0.2) is 53.2 Å². The Bertz CT molecular complexity index is 1230. The average Bonchev–Trinajstić information content (AvgIpc) is 3.58. The number of imidazole rings is 1. The van der Waals surface area contributed by atoms with Gasteiger partial charge in [-0.2, -0.15) is 0 Å². The predicted octanol–water partition coefficient (Wildman–Crippen LogP) is 3.64. The summed E-state index contributed by atoms with van der Waals surface area (Å²) in [5.74, 6) is 0.932. The molecule has 1 fully saturated rings. The zero-order valence-corrected chi connectivity index (χ0v) is 20.4. The van der Waals surface area contributed by atoms with Crippen LogP contribution in [0, 0.1) is 11.2 Å². The molecule has 2 aliphatic heterocycles. The highest BCUT2D eigenvalue weighted by atomic mass is 32.1. The van der Waals surface area contributed by atoms with Crippen LogP contribution < -0.4 is 10.6 Å². The van der Waals surface area contributed by atoms with Crippen molar-refractivity contribution < 1.29 is 23.3 Å². The number of nitrogens with zero attached hydrogens (tertiary/aromatic N) is 2. The van der Waals surface area contributed by atoms with Gasteiger partial charge in [0.1, 0.15) is 12.1 Å². The molecule has 5 rings (SSSR count). The zero-order valence-electron chi connectivity index (χ0n) is 19.6. The van der Waals surface area contributed by atoms with E-state index in [1.807, 2.05) is 12.1 Å². The van der Waals surface area contributed by atoms with Gasteiger partial charge in [-0.25, -0.2) is 9.37 Å². The number of nitrogens with one attached hydrogen (secondary N) is 3. The summed E-state index contributed by atoms with van der Waals surface area (Å²) in [6, 6.07) is 9.99. The van der Waals surface area contributed by atoms with Gasteiger partial charge < -0.3 is 34.6 Å². The number of aromatic nitrogens is 3. The zero-order chi connectivity index (χ0) is 25.0. The molecule has 0 atom stereocenters. The summed E-state index contributed by atoms with van der Waals surface area (Å²) in [6.07, 6.45) is 4.32. The van der Waals surface area contributed by atoms with Crippen molar-refractivity contribution >= 4 is 17.3 Å². The first-order valence-electron chi connectivity index (χ1n) is 11.4. The third-order valence-corrected chi connectivity index (χ3v) is 6.11. The Labute approximate surface area is 213 Å². The second-order valence-electron chi connectivity index (χ2n) is 8.90. The summed E-state index contributed by atoms with van der Waals surface area (Å²) in [5, 5.41) is 6.80. The molecule has 4 heterocycles. The Morgan fingerprint density at radius 2 is 1.86 bits per heavy atom. The van der Waals surface area contributed by atoms with Crippen molar-refractivity contribution in [1.82, 2.24) is 25.6 Å². The number of hydrogen-bond acceptors (Lipinski definition) is 7. The van der Waals surface area contributed by atoms with Crippen molar-refractivity contribution in [3.8, 4) is 22.5 Å². The van der Waals surface area contributed by atoms with Crippen LogP contribution in [0.2, 0.25) is 0 Å². The minimum Gasteiger partial charge on any atom is -0.462 e. The van der Waals surface area contributed by atoms with Gasteiger partial charge in [-0.1, -0.05) is 6.92 Å². The molecule has 0 unspecified atom stereocenters. The van der Waals surface area contributed by atoms with Crippen molar-refractivity contribution in [3.63, 3.8) is 0 Å². The highest BCUT2D eigenvalue weighted by molar-refractivity contribution is 7.80. The largest absolute Gasteiger partial charge is 0.462 e. The SMILES string of the molecule is CC1(CNC(=S)NCC2=COCO2)COC(c2nc(-c3ccc(F)cc3)c(-c3ccncc3)[nH]2)OC1. The van der Waals surface area contributed by atoms with E-state index in [1.165, 1.54) is 12.1 Å². The molecule has 0 radical (unpaired) electrons. The Kier molecular flexibility index (Phi) is 7.12. The second kappa shape index (κ2) is 10.6. The third-order valence-electron chi connectivity index (χ3n) is 5.82. The van der Waals surface area contributed by atoms with E-state index < -0.39 is 6.29 Å². The standard InChI is InChI=1S/C25H26FN5O4S/c1-25(12-29-24(36)28-10-19-11-32-15-35-19)13-33-23(34-14-25)22-30-20(16-2-4-18(26)5-3-16)21(31-22)17-6-8-27-9-7-17/h2-9,11,23H,10,12-15H2,1H3,(H,30,31)(H2,28,29,36). The molecule has 188 valence electrons. The third kappa shape index (κ3) is 5.64. The lowest BCUT2D eigenvalue weighted by molar-refractivity contribution is -0.231. The number of thiocarbonyl (C=S) groups is 1. The van der Waals surface area contributed by atoms with Crippen LogP contribution in [0.1, 0.15) is 19.0 Å². The second-order valence-corrected chi connectivity index (χ2v) is 9.31. The molecule has 0 spiro atoms. The van der Waals surface area contributed by atoms with E-state index in [1.54, 1.807) is 30.8 Å². The summed E-state index contributed by atoms with van der Waals surface area (Å²) in [4.78, 5) is 12.2. The van der Waals surface area contributed by atoms with Gasteiger partial charge >= 0.3 is 0 Å². The molecule has 2 aliphatic rings. The highest BCUT2D eigenvalue weighted by Crippen LogP contribution is 2.35. The molecule has 1 saturated heterocycles. The van der Waals surface area contributed by atoms with E-state index in [0.29, 0.717) is 48.7 Å². The van der Waals surface area contributed by atoms with Gasteiger partial charge in [-0.15, -0.1) is 0 Å². The molecule has 36 heavy (non-hydrogen) atoms. The maximum atomic E-state index is 13.5. The van der Waals surface area contributed by atoms with E-state index in [2.05, 4.69) is 27.5 Å². The van der Waals surface area contributed by atoms with Crippen LogP contribution in [0.15, 0.2) is 60.8 Å². The monoisotopic (exact) mass is 511 g/mol. The van der Waals surface area contributed by atoms with E-state index in [-0.39, 0.29) is 18.0 Å². The fraction of sp³-hybridized carbons (Fsp3) is 0.320. The maximum Gasteiger partial charge on any atom is 0.229 e. The topological polar surface area (TPSA) is 103 Å². The number of H-pyrrole nitrogens is 1. The first-order valence-corrected chi connectivity index (χ1v) is 11.8. The molecule has 0 aliphatic carbocycles. The molecule has 0 bridgehead atoms. The Balaban J connectivity index is 1.24. The van der Waals surface area contributed by atoms with Crippen LogP contribution in [0.5, 0.6) is 0 Å². The molecular weight excluding hydrogens is 485 g/mol. The van der Waals surface area contributed by atoms with Crippen molar-refractivity contribution in [3.05, 3.63) is 72.5 Å². The number of halogens is 1. The number of rotatable bonds is 7. The highest BCUT2D eigenvalue weighted by Gasteiger charge is 2.35. The van der Waals surface area contributed by atoms with E-state index >= 15 is 0 Å². The molecule has 2 aromatic heterocycles. The summed E-state index contributed by atoms with van der Waals surface area (Å²) >= 11 is 5.35. The molecule has 0 amide bonds. The van der Waals surface area contributed by atoms with Gasteiger partial charge in [-0.3, -0.25) is 4.98 Å². The summed E-state index contributed by atoms with van der Waals surface area (Å²) in [5.41, 5.74) is 2.85. The van der Waals surface area contributed by atoms with E-state index in [9.17, 15) is 4.39 Å². The fourth-order valence-electron chi connectivity index (χ4n) is 3.84. The number of benzene rings is 1.